The molecule has 0 N–H and O–H groups in total. The first kappa shape index (κ1) is 15.8. The minimum Gasteiger partial charge on any atom is -0.369 e. The maximum Gasteiger partial charge on any atom is 0.0972 e. The third-order valence-corrected chi connectivity index (χ3v) is 8.27. The van der Waals surface area contributed by atoms with E-state index in [4.69, 9.17) is 4.74 Å². The van der Waals surface area contributed by atoms with Crippen molar-refractivity contribution in [2.75, 3.05) is 6.61 Å². The molecule has 21 heavy (non-hydrogen) atoms. The van der Waals surface area contributed by atoms with Crippen molar-refractivity contribution >= 4 is 0 Å². The molecule has 0 aromatic heterocycles. The smallest absolute Gasteiger partial charge is 0.0972 e. The number of fused-ring (bicyclic) bond motifs is 2. The van der Waals surface area contributed by atoms with Crippen LogP contribution < -0.4 is 0 Å². The molecule has 0 radical (unpaired) electrons. The second-order valence-electron chi connectivity index (χ2n) is 9.14. The molecule has 122 valence electrons. The Balaban J connectivity index is 1.84. The van der Waals surface area contributed by atoms with Gasteiger partial charge in [0.25, 0.3) is 0 Å². The van der Waals surface area contributed by atoms with Crippen LogP contribution in [0, 0.1) is 28.6 Å². The molecule has 3 rings (SSSR count). The molecule has 0 aromatic carbocycles. The third kappa shape index (κ3) is 2.30. The SMILES string of the molecule is CC[C@H](C)CC[C@@]1(C)[C@H](C)CC[C@]2(C)[C@@H]1CCC[C@]21CO1. The Labute approximate surface area is 132 Å². The van der Waals surface area contributed by atoms with Crippen molar-refractivity contribution in [2.24, 2.45) is 28.6 Å². The lowest BCUT2D eigenvalue weighted by Gasteiger charge is -2.60. The van der Waals surface area contributed by atoms with Gasteiger partial charge in [-0.2, -0.15) is 0 Å². The second-order valence-corrected chi connectivity index (χ2v) is 9.14. The molecular formula is C20H36O. The zero-order valence-electron chi connectivity index (χ0n) is 15.0. The number of ether oxygens (including phenoxy) is 1. The zero-order valence-corrected chi connectivity index (χ0v) is 15.0. The van der Waals surface area contributed by atoms with Crippen LogP contribution in [0.5, 0.6) is 0 Å². The van der Waals surface area contributed by atoms with Gasteiger partial charge in [-0.3, -0.25) is 0 Å². The summed E-state index contributed by atoms with van der Waals surface area (Å²) < 4.78 is 6.08. The van der Waals surface area contributed by atoms with Gasteiger partial charge in [0.2, 0.25) is 0 Å². The number of epoxide rings is 1. The summed E-state index contributed by atoms with van der Waals surface area (Å²) in [5.74, 6) is 2.65. The normalized spacial score (nSPS) is 50.7. The first-order valence-electron chi connectivity index (χ1n) is 9.52. The van der Waals surface area contributed by atoms with Gasteiger partial charge in [0.05, 0.1) is 12.2 Å². The van der Waals surface area contributed by atoms with E-state index in [-0.39, 0.29) is 5.60 Å². The van der Waals surface area contributed by atoms with Crippen molar-refractivity contribution in [3.8, 4) is 0 Å². The molecular weight excluding hydrogens is 256 g/mol. The molecule has 0 aromatic rings. The average molecular weight is 293 g/mol. The number of rotatable bonds is 4. The van der Waals surface area contributed by atoms with Crippen LogP contribution in [0.3, 0.4) is 0 Å². The standard InChI is InChI=1S/C20H36O/c1-6-15(2)9-12-18(4)16(3)10-13-19(5)17(18)8-7-11-20(19)14-21-20/h15-17H,6-14H2,1-5H3/t15-,16+,17+,18-,19+,20-/m0/s1. The predicted molar refractivity (Wildman–Crippen MR) is 89.3 cm³/mol. The molecule has 3 fully saturated rings. The van der Waals surface area contributed by atoms with Gasteiger partial charge in [-0.15, -0.1) is 0 Å². The molecule has 1 heterocycles. The Morgan fingerprint density at radius 3 is 2.52 bits per heavy atom. The molecule has 1 heteroatoms. The van der Waals surface area contributed by atoms with Crippen molar-refractivity contribution in [3.05, 3.63) is 0 Å². The van der Waals surface area contributed by atoms with Gasteiger partial charge in [0.1, 0.15) is 0 Å². The summed E-state index contributed by atoms with van der Waals surface area (Å²) >= 11 is 0. The largest absolute Gasteiger partial charge is 0.369 e. The zero-order chi connectivity index (χ0) is 15.3. The summed E-state index contributed by atoms with van der Waals surface area (Å²) in [6.45, 7) is 13.6. The number of hydrogen-bond acceptors (Lipinski definition) is 1. The molecule has 1 aliphatic heterocycles. The molecule has 1 nitrogen and oxygen atoms in total. The second kappa shape index (κ2) is 5.25. The first-order chi connectivity index (χ1) is 9.88. The topological polar surface area (TPSA) is 12.5 Å². The van der Waals surface area contributed by atoms with Gasteiger partial charge in [-0.05, 0) is 55.3 Å². The van der Waals surface area contributed by atoms with Gasteiger partial charge in [-0.25, -0.2) is 0 Å². The van der Waals surface area contributed by atoms with Crippen LogP contribution in [0.4, 0.5) is 0 Å². The molecule has 1 spiro atoms. The van der Waals surface area contributed by atoms with Gasteiger partial charge in [0, 0.05) is 5.41 Å². The highest BCUT2D eigenvalue weighted by Gasteiger charge is 2.67. The lowest BCUT2D eigenvalue weighted by atomic mass is 9.44. The number of hydrogen-bond donors (Lipinski definition) is 0. The van der Waals surface area contributed by atoms with Crippen LogP contribution in [-0.2, 0) is 4.74 Å². The molecule has 1 saturated heterocycles. The highest BCUT2D eigenvalue weighted by atomic mass is 16.6. The summed E-state index contributed by atoms with van der Waals surface area (Å²) in [7, 11) is 0. The molecule has 6 atom stereocenters. The van der Waals surface area contributed by atoms with Crippen molar-refractivity contribution in [3.63, 3.8) is 0 Å². The van der Waals surface area contributed by atoms with Crippen LogP contribution in [0.15, 0.2) is 0 Å². The minimum atomic E-state index is 0.285. The monoisotopic (exact) mass is 292 g/mol. The van der Waals surface area contributed by atoms with Gasteiger partial charge in [0.15, 0.2) is 0 Å². The van der Waals surface area contributed by atoms with Crippen molar-refractivity contribution in [2.45, 2.75) is 91.6 Å². The Morgan fingerprint density at radius 2 is 1.90 bits per heavy atom. The van der Waals surface area contributed by atoms with E-state index in [9.17, 15) is 0 Å². The third-order valence-electron chi connectivity index (χ3n) is 8.27. The van der Waals surface area contributed by atoms with Crippen LogP contribution in [-0.4, -0.2) is 12.2 Å². The molecule has 0 bridgehead atoms. The lowest BCUT2D eigenvalue weighted by Crippen LogP contribution is -2.56. The quantitative estimate of drug-likeness (QED) is 0.594. The van der Waals surface area contributed by atoms with E-state index in [0.29, 0.717) is 10.8 Å². The Kier molecular flexibility index (Phi) is 3.96. The predicted octanol–water partition coefficient (Wildman–Crippen LogP) is 5.82. The average Bonchev–Trinajstić information content (AvgIpc) is 3.25. The minimum absolute atomic E-state index is 0.285. The summed E-state index contributed by atoms with van der Waals surface area (Å²) in [4.78, 5) is 0. The maximum atomic E-state index is 6.08. The van der Waals surface area contributed by atoms with Crippen molar-refractivity contribution in [1.29, 1.82) is 0 Å². The summed E-state index contributed by atoms with van der Waals surface area (Å²) in [6, 6.07) is 0. The van der Waals surface area contributed by atoms with E-state index >= 15 is 0 Å². The highest BCUT2D eigenvalue weighted by molar-refractivity contribution is 5.16. The Hall–Kier alpha value is -0.0400. The van der Waals surface area contributed by atoms with Gasteiger partial charge >= 0.3 is 0 Å². The molecule has 0 unspecified atom stereocenters. The van der Waals surface area contributed by atoms with Crippen LogP contribution in [0.1, 0.15) is 86.0 Å². The van der Waals surface area contributed by atoms with E-state index in [1.807, 2.05) is 0 Å². The summed E-state index contributed by atoms with van der Waals surface area (Å²) in [5, 5.41) is 0. The Bertz CT molecular complexity index is 385. The summed E-state index contributed by atoms with van der Waals surface area (Å²) in [6.07, 6.45) is 11.2. The van der Waals surface area contributed by atoms with Gasteiger partial charge < -0.3 is 4.74 Å². The van der Waals surface area contributed by atoms with E-state index in [0.717, 1.165) is 24.4 Å². The van der Waals surface area contributed by atoms with E-state index in [1.165, 1.54) is 51.4 Å². The molecule has 3 aliphatic rings. The van der Waals surface area contributed by atoms with Crippen molar-refractivity contribution < 1.29 is 4.74 Å². The van der Waals surface area contributed by atoms with E-state index < -0.39 is 0 Å². The fourth-order valence-corrected chi connectivity index (χ4v) is 5.91. The molecule has 2 saturated carbocycles. The molecule has 0 amide bonds. The molecule has 2 aliphatic carbocycles. The van der Waals surface area contributed by atoms with E-state index in [1.54, 1.807) is 0 Å². The Morgan fingerprint density at radius 1 is 1.19 bits per heavy atom. The van der Waals surface area contributed by atoms with Crippen LogP contribution >= 0.6 is 0 Å². The highest BCUT2D eigenvalue weighted by Crippen LogP contribution is 2.68. The van der Waals surface area contributed by atoms with E-state index in [2.05, 4.69) is 34.6 Å². The van der Waals surface area contributed by atoms with Crippen molar-refractivity contribution in [1.82, 2.24) is 0 Å². The van der Waals surface area contributed by atoms with Crippen LogP contribution in [0.25, 0.3) is 0 Å². The van der Waals surface area contributed by atoms with Crippen LogP contribution in [0.2, 0.25) is 0 Å². The van der Waals surface area contributed by atoms with Gasteiger partial charge in [-0.1, -0.05) is 53.9 Å². The maximum absolute atomic E-state index is 6.08. The lowest BCUT2D eigenvalue weighted by molar-refractivity contribution is -0.123. The fourth-order valence-electron chi connectivity index (χ4n) is 5.91. The first-order valence-corrected chi connectivity index (χ1v) is 9.52. The summed E-state index contributed by atoms with van der Waals surface area (Å²) in [5.41, 5.74) is 1.28. The fraction of sp³-hybridized carbons (Fsp3) is 1.00.